The lowest BCUT2D eigenvalue weighted by atomic mass is 10.2. The number of carbonyl (C=O) groups is 1. The van der Waals surface area contributed by atoms with Gasteiger partial charge in [0.15, 0.2) is 11.5 Å². The van der Waals surface area contributed by atoms with Crippen LogP contribution in [-0.4, -0.2) is 18.4 Å². The monoisotopic (exact) mass is 299 g/mol. The van der Waals surface area contributed by atoms with E-state index >= 15 is 0 Å². The maximum Gasteiger partial charge on any atom is 0.161 e. The number of aldehydes is 1. The second-order valence-corrected chi connectivity index (χ2v) is 5.51. The third-order valence-electron chi connectivity index (χ3n) is 3.01. The summed E-state index contributed by atoms with van der Waals surface area (Å²) in [7, 11) is 1.55. The minimum Gasteiger partial charge on any atom is -0.493 e. The molecule has 0 atom stereocenters. The van der Waals surface area contributed by atoms with Gasteiger partial charge in [-0.2, -0.15) is 0 Å². The van der Waals surface area contributed by atoms with Gasteiger partial charge in [-0.3, -0.25) is 4.79 Å². The summed E-state index contributed by atoms with van der Waals surface area (Å²) in [5.74, 6) is 1.14. The molecule has 3 rings (SSSR count). The van der Waals surface area contributed by atoms with Gasteiger partial charge in [0.25, 0.3) is 0 Å². The first-order valence-electron chi connectivity index (χ1n) is 6.40. The highest BCUT2D eigenvalue weighted by Gasteiger charge is 2.08. The SMILES string of the molecule is COc1cc(C=O)ccc1OCc1nc2ccccc2s1. The average molecular weight is 299 g/mol. The standard InChI is InChI=1S/C16H13NO3S/c1-19-14-8-11(9-18)6-7-13(14)20-10-16-17-12-4-2-3-5-15(12)21-16/h2-9H,10H2,1H3. The Morgan fingerprint density at radius 1 is 1.19 bits per heavy atom. The second-order valence-electron chi connectivity index (χ2n) is 4.39. The first-order chi connectivity index (χ1) is 10.3. The lowest BCUT2D eigenvalue weighted by molar-refractivity contribution is 0.112. The molecule has 0 radical (unpaired) electrons. The van der Waals surface area contributed by atoms with Crippen molar-refractivity contribution in [2.75, 3.05) is 7.11 Å². The number of benzene rings is 2. The van der Waals surface area contributed by atoms with Crippen LogP contribution in [0.15, 0.2) is 42.5 Å². The van der Waals surface area contributed by atoms with Crippen molar-refractivity contribution >= 4 is 27.8 Å². The van der Waals surface area contributed by atoms with E-state index in [0.717, 1.165) is 21.5 Å². The Morgan fingerprint density at radius 2 is 2.05 bits per heavy atom. The summed E-state index contributed by atoms with van der Waals surface area (Å²) in [6, 6.07) is 13.1. The normalized spacial score (nSPS) is 10.5. The van der Waals surface area contributed by atoms with Crippen LogP contribution in [0.2, 0.25) is 0 Å². The molecule has 0 bridgehead atoms. The summed E-state index contributed by atoms with van der Waals surface area (Å²) in [5.41, 5.74) is 1.53. The van der Waals surface area contributed by atoms with Crippen LogP contribution in [-0.2, 0) is 6.61 Å². The molecule has 1 heterocycles. The molecule has 0 N–H and O–H groups in total. The van der Waals surface area contributed by atoms with Crippen molar-refractivity contribution in [2.24, 2.45) is 0 Å². The molecule has 3 aromatic rings. The molecule has 2 aromatic carbocycles. The van der Waals surface area contributed by atoms with Gasteiger partial charge in [-0.25, -0.2) is 4.98 Å². The maximum absolute atomic E-state index is 10.8. The fourth-order valence-electron chi connectivity index (χ4n) is 2.00. The molecule has 0 amide bonds. The molecule has 4 nitrogen and oxygen atoms in total. The Labute approximate surface area is 126 Å². The quantitative estimate of drug-likeness (QED) is 0.674. The van der Waals surface area contributed by atoms with E-state index in [9.17, 15) is 4.79 Å². The van der Waals surface area contributed by atoms with Crippen molar-refractivity contribution < 1.29 is 14.3 Å². The van der Waals surface area contributed by atoms with Gasteiger partial charge in [-0.15, -0.1) is 11.3 Å². The third-order valence-corrected chi connectivity index (χ3v) is 4.02. The van der Waals surface area contributed by atoms with E-state index in [1.54, 1.807) is 36.6 Å². The van der Waals surface area contributed by atoms with Crippen LogP contribution in [0.25, 0.3) is 10.2 Å². The highest BCUT2D eigenvalue weighted by molar-refractivity contribution is 7.18. The van der Waals surface area contributed by atoms with Crippen molar-refractivity contribution in [3.05, 3.63) is 53.0 Å². The molecular weight excluding hydrogens is 286 g/mol. The van der Waals surface area contributed by atoms with Gasteiger partial charge in [0.05, 0.1) is 17.3 Å². The zero-order chi connectivity index (χ0) is 14.7. The molecule has 0 unspecified atom stereocenters. The molecule has 1 aromatic heterocycles. The Morgan fingerprint density at radius 3 is 2.81 bits per heavy atom. The summed E-state index contributed by atoms with van der Waals surface area (Å²) in [4.78, 5) is 15.3. The summed E-state index contributed by atoms with van der Waals surface area (Å²) in [6.45, 7) is 0.371. The van der Waals surface area contributed by atoms with Gasteiger partial charge in [0.2, 0.25) is 0 Å². The van der Waals surface area contributed by atoms with Gasteiger partial charge >= 0.3 is 0 Å². The molecule has 0 fully saturated rings. The van der Waals surface area contributed by atoms with Crippen molar-refractivity contribution in [1.29, 1.82) is 0 Å². The number of ether oxygens (including phenoxy) is 2. The number of aromatic nitrogens is 1. The second kappa shape index (κ2) is 5.93. The largest absolute Gasteiger partial charge is 0.493 e. The molecule has 21 heavy (non-hydrogen) atoms. The highest BCUT2D eigenvalue weighted by atomic mass is 32.1. The Kier molecular flexibility index (Phi) is 3.83. The first-order valence-corrected chi connectivity index (χ1v) is 7.22. The van der Waals surface area contributed by atoms with Crippen molar-refractivity contribution in [1.82, 2.24) is 4.98 Å². The fraction of sp³-hybridized carbons (Fsp3) is 0.125. The molecule has 5 heteroatoms. The van der Waals surface area contributed by atoms with Gasteiger partial charge in [-0.1, -0.05) is 12.1 Å². The average Bonchev–Trinajstić information content (AvgIpc) is 2.95. The molecule has 0 saturated carbocycles. The van der Waals surface area contributed by atoms with E-state index in [4.69, 9.17) is 9.47 Å². The summed E-state index contributed by atoms with van der Waals surface area (Å²) in [6.07, 6.45) is 0.778. The number of para-hydroxylation sites is 1. The molecule has 0 aliphatic rings. The van der Waals surface area contributed by atoms with Gasteiger partial charge in [0.1, 0.15) is 17.9 Å². The number of rotatable bonds is 5. The Bertz CT molecular complexity index is 749. The van der Waals surface area contributed by atoms with Crippen LogP contribution >= 0.6 is 11.3 Å². The first kappa shape index (κ1) is 13.6. The molecule has 0 aliphatic heterocycles. The Hall–Kier alpha value is -2.40. The predicted molar refractivity (Wildman–Crippen MR) is 82.3 cm³/mol. The van der Waals surface area contributed by atoms with E-state index in [1.165, 1.54) is 0 Å². The number of thiazole rings is 1. The van der Waals surface area contributed by atoms with Crippen LogP contribution in [0.1, 0.15) is 15.4 Å². The maximum atomic E-state index is 10.8. The molecule has 106 valence electrons. The number of fused-ring (bicyclic) bond motifs is 1. The number of carbonyl (C=O) groups excluding carboxylic acids is 1. The fourth-order valence-corrected chi connectivity index (χ4v) is 2.88. The number of methoxy groups -OCH3 is 1. The van der Waals surface area contributed by atoms with Crippen molar-refractivity contribution in [3.63, 3.8) is 0 Å². The lowest BCUT2D eigenvalue weighted by Crippen LogP contribution is -1.97. The van der Waals surface area contributed by atoms with E-state index in [0.29, 0.717) is 23.7 Å². The minimum atomic E-state index is 0.371. The van der Waals surface area contributed by atoms with Gasteiger partial charge in [-0.05, 0) is 30.3 Å². The molecular formula is C16H13NO3S. The molecule has 0 saturated heterocycles. The number of hydrogen-bond acceptors (Lipinski definition) is 5. The summed E-state index contributed by atoms with van der Waals surface area (Å²) >= 11 is 1.60. The molecule has 0 aliphatic carbocycles. The van der Waals surface area contributed by atoms with E-state index in [1.807, 2.05) is 24.3 Å². The van der Waals surface area contributed by atoms with Gasteiger partial charge < -0.3 is 9.47 Å². The smallest absolute Gasteiger partial charge is 0.161 e. The molecule has 0 spiro atoms. The van der Waals surface area contributed by atoms with Gasteiger partial charge in [0, 0.05) is 5.56 Å². The van der Waals surface area contributed by atoms with Crippen molar-refractivity contribution in [2.45, 2.75) is 6.61 Å². The van der Waals surface area contributed by atoms with E-state index in [-0.39, 0.29) is 0 Å². The van der Waals surface area contributed by atoms with E-state index < -0.39 is 0 Å². The summed E-state index contributed by atoms with van der Waals surface area (Å²) < 4.78 is 12.1. The zero-order valence-corrected chi connectivity index (χ0v) is 12.2. The topological polar surface area (TPSA) is 48.4 Å². The van der Waals surface area contributed by atoms with Crippen LogP contribution in [0.3, 0.4) is 0 Å². The van der Waals surface area contributed by atoms with Crippen molar-refractivity contribution in [3.8, 4) is 11.5 Å². The minimum absolute atomic E-state index is 0.371. The van der Waals surface area contributed by atoms with E-state index in [2.05, 4.69) is 4.98 Å². The lowest BCUT2D eigenvalue weighted by Gasteiger charge is -2.09. The number of hydrogen-bond donors (Lipinski definition) is 0. The highest BCUT2D eigenvalue weighted by Crippen LogP contribution is 2.29. The Balaban J connectivity index is 1.79. The van der Waals surface area contributed by atoms with Crippen LogP contribution in [0, 0.1) is 0 Å². The van der Waals surface area contributed by atoms with Crippen LogP contribution in [0.5, 0.6) is 11.5 Å². The van der Waals surface area contributed by atoms with Crippen LogP contribution < -0.4 is 9.47 Å². The predicted octanol–water partition coefficient (Wildman–Crippen LogP) is 3.70. The zero-order valence-electron chi connectivity index (χ0n) is 11.4. The van der Waals surface area contributed by atoms with Crippen LogP contribution in [0.4, 0.5) is 0 Å². The number of nitrogens with zero attached hydrogens (tertiary/aromatic N) is 1. The summed E-state index contributed by atoms with van der Waals surface area (Å²) in [5, 5.41) is 0.901. The third kappa shape index (κ3) is 2.87.